The van der Waals surface area contributed by atoms with Crippen molar-refractivity contribution >= 4 is 39.0 Å². The second kappa shape index (κ2) is 7.77. The Labute approximate surface area is 167 Å². The Bertz CT molecular complexity index is 1080. The molecule has 7 nitrogen and oxygen atoms in total. The number of nitrogens with one attached hydrogen (secondary N) is 1. The quantitative estimate of drug-likeness (QED) is 0.509. The zero-order valence-corrected chi connectivity index (χ0v) is 16.3. The largest absolute Gasteiger partial charge is 0.305 e. The number of carbonyl (C=O) groups is 1. The maximum atomic E-state index is 12.6. The molecule has 3 heterocycles. The first-order chi connectivity index (χ1) is 13.2. The molecule has 0 aliphatic heterocycles. The summed E-state index contributed by atoms with van der Waals surface area (Å²) in [7, 11) is 0. The van der Waals surface area contributed by atoms with Crippen molar-refractivity contribution in [2.75, 3.05) is 5.32 Å². The summed E-state index contributed by atoms with van der Waals surface area (Å²) < 4.78 is 2.72. The van der Waals surface area contributed by atoms with E-state index < -0.39 is 0 Å². The summed E-state index contributed by atoms with van der Waals surface area (Å²) in [6, 6.07) is 11.4. The Hall–Kier alpha value is -2.91. The van der Waals surface area contributed by atoms with Crippen molar-refractivity contribution in [2.45, 2.75) is 6.54 Å². The highest BCUT2D eigenvalue weighted by atomic mass is 79.9. The monoisotopic (exact) mass is 440 g/mol. The fourth-order valence-corrected chi connectivity index (χ4v) is 3.58. The Kier molecular flexibility index (Phi) is 5.03. The van der Waals surface area contributed by atoms with Crippen molar-refractivity contribution in [1.29, 1.82) is 0 Å². The molecule has 1 N–H and O–H groups in total. The van der Waals surface area contributed by atoms with Gasteiger partial charge in [0, 0.05) is 28.3 Å². The normalized spacial score (nSPS) is 10.7. The first-order valence-corrected chi connectivity index (χ1v) is 9.67. The van der Waals surface area contributed by atoms with Gasteiger partial charge >= 0.3 is 0 Å². The molecule has 0 fully saturated rings. The summed E-state index contributed by atoms with van der Waals surface area (Å²) in [6.07, 6.45) is 4.93. The average molecular weight is 441 g/mol. The van der Waals surface area contributed by atoms with Crippen LogP contribution in [0.1, 0.15) is 16.1 Å². The molecule has 0 radical (unpaired) electrons. The molecule has 4 rings (SSSR count). The first kappa shape index (κ1) is 17.5. The number of benzene rings is 1. The van der Waals surface area contributed by atoms with E-state index in [-0.39, 0.29) is 5.91 Å². The van der Waals surface area contributed by atoms with Gasteiger partial charge in [0.25, 0.3) is 5.91 Å². The summed E-state index contributed by atoms with van der Waals surface area (Å²) in [5.74, 6) is 0.795. The molecule has 1 amide bonds. The van der Waals surface area contributed by atoms with Crippen LogP contribution in [0.4, 0.5) is 5.82 Å². The molecule has 0 saturated heterocycles. The number of hydrogen-bond donors (Lipinski definition) is 1. The molecule has 0 spiro atoms. The number of rotatable bonds is 5. The summed E-state index contributed by atoms with van der Waals surface area (Å²) in [4.78, 5) is 25.2. The number of thiazole rings is 1. The van der Waals surface area contributed by atoms with Crippen LogP contribution in [0.15, 0.2) is 64.8 Å². The number of hydrogen-bond acceptors (Lipinski definition) is 6. The van der Waals surface area contributed by atoms with E-state index in [2.05, 4.69) is 41.3 Å². The van der Waals surface area contributed by atoms with Crippen LogP contribution in [0.3, 0.4) is 0 Å². The third-order valence-electron chi connectivity index (χ3n) is 3.73. The van der Waals surface area contributed by atoms with Crippen LogP contribution in [0, 0.1) is 0 Å². The molecular weight excluding hydrogens is 428 g/mol. The second-order valence-electron chi connectivity index (χ2n) is 5.53. The molecule has 0 saturated carbocycles. The fraction of sp³-hybridized carbons (Fsp3) is 0.0556. The molecule has 0 unspecified atom stereocenters. The Morgan fingerprint density at radius 3 is 2.74 bits per heavy atom. The third-order valence-corrected chi connectivity index (χ3v) is 5.34. The molecule has 1 aromatic carbocycles. The standard InChI is InChI=1S/C18H13BrN6OS/c19-13-5-2-1-4-12(13)10-25-15(6-9-22-25)24-17(26)14-11-27-18(23-14)16-20-7-3-8-21-16/h1-9,11H,10H2,(H,24,26). The number of carbonyl (C=O) groups excluding carboxylic acids is 1. The van der Waals surface area contributed by atoms with Gasteiger partial charge in [-0.2, -0.15) is 5.10 Å². The highest BCUT2D eigenvalue weighted by Crippen LogP contribution is 2.21. The summed E-state index contributed by atoms with van der Waals surface area (Å²) in [5, 5.41) is 9.45. The lowest BCUT2D eigenvalue weighted by atomic mass is 10.2. The van der Waals surface area contributed by atoms with Crippen molar-refractivity contribution in [2.24, 2.45) is 0 Å². The van der Waals surface area contributed by atoms with Gasteiger partial charge in [-0.05, 0) is 17.7 Å². The minimum Gasteiger partial charge on any atom is -0.305 e. The van der Waals surface area contributed by atoms with Crippen molar-refractivity contribution in [3.63, 3.8) is 0 Å². The summed E-state index contributed by atoms with van der Waals surface area (Å²) in [6.45, 7) is 0.532. The molecule has 0 atom stereocenters. The van der Waals surface area contributed by atoms with Crippen molar-refractivity contribution in [3.8, 4) is 10.8 Å². The third kappa shape index (κ3) is 3.93. The lowest BCUT2D eigenvalue weighted by molar-refractivity contribution is 0.102. The number of amides is 1. The molecule has 134 valence electrons. The van der Waals surface area contributed by atoms with Crippen LogP contribution >= 0.6 is 27.3 Å². The van der Waals surface area contributed by atoms with E-state index in [9.17, 15) is 4.79 Å². The molecule has 0 aliphatic carbocycles. The van der Waals surface area contributed by atoms with Crippen LogP contribution in [0.2, 0.25) is 0 Å². The van der Waals surface area contributed by atoms with Gasteiger partial charge in [0.05, 0.1) is 12.7 Å². The fourth-order valence-electron chi connectivity index (χ4n) is 2.42. The van der Waals surface area contributed by atoms with Gasteiger partial charge in [-0.15, -0.1) is 11.3 Å². The topological polar surface area (TPSA) is 85.6 Å². The molecule has 0 aliphatic rings. The van der Waals surface area contributed by atoms with Gasteiger partial charge < -0.3 is 5.32 Å². The number of nitrogens with zero attached hydrogens (tertiary/aromatic N) is 5. The molecule has 9 heteroatoms. The predicted octanol–water partition coefficient (Wildman–Crippen LogP) is 3.86. The molecule has 27 heavy (non-hydrogen) atoms. The minimum absolute atomic E-state index is 0.303. The van der Waals surface area contributed by atoms with E-state index in [1.165, 1.54) is 11.3 Å². The van der Waals surface area contributed by atoms with Crippen LogP contribution in [0.25, 0.3) is 10.8 Å². The number of halogens is 1. The summed E-state index contributed by atoms with van der Waals surface area (Å²) >= 11 is 4.86. The molecule has 0 bridgehead atoms. The van der Waals surface area contributed by atoms with Crippen LogP contribution < -0.4 is 5.32 Å². The Morgan fingerprint density at radius 2 is 1.93 bits per heavy atom. The molecule has 3 aromatic heterocycles. The van der Waals surface area contributed by atoms with Crippen LogP contribution in [0.5, 0.6) is 0 Å². The molecule has 4 aromatic rings. The minimum atomic E-state index is -0.303. The van der Waals surface area contributed by atoms with Gasteiger partial charge in [0.15, 0.2) is 10.8 Å². The first-order valence-electron chi connectivity index (χ1n) is 8.00. The van der Waals surface area contributed by atoms with E-state index in [0.29, 0.717) is 28.9 Å². The summed E-state index contributed by atoms with van der Waals surface area (Å²) in [5.41, 5.74) is 1.38. The lowest BCUT2D eigenvalue weighted by Gasteiger charge is -2.09. The SMILES string of the molecule is O=C(Nc1ccnn1Cc1ccccc1Br)c1csc(-c2ncccn2)n1. The van der Waals surface area contributed by atoms with Gasteiger partial charge in [0.2, 0.25) is 0 Å². The predicted molar refractivity (Wildman–Crippen MR) is 107 cm³/mol. The smallest absolute Gasteiger partial charge is 0.276 e. The average Bonchev–Trinajstić information content (AvgIpc) is 3.34. The van der Waals surface area contributed by atoms with Gasteiger partial charge in [-0.25, -0.2) is 19.6 Å². The Balaban J connectivity index is 1.51. The number of aromatic nitrogens is 5. The number of anilines is 1. The van der Waals surface area contributed by atoms with Crippen molar-refractivity contribution in [1.82, 2.24) is 24.7 Å². The maximum absolute atomic E-state index is 12.6. The van der Waals surface area contributed by atoms with Crippen LogP contribution in [-0.2, 0) is 6.54 Å². The highest BCUT2D eigenvalue weighted by molar-refractivity contribution is 9.10. The molecular formula is C18H13BrN6OS. The van der Waals surface area contributed by atoms with Crippen LogP contribution in [-0.4, -0.2) is 30.6 Å². The Morgan fingerprint density at radius 1 is 1.11 bits per heavy atom. The van der Waals surface area contributed by atoms with E-state index in [0.717, 1.165) is 10.0 Å². The van der Waals surface area contributed by atoms with E-state index >= 15 is 0 Å². The lowest BCUT2D eigenvalue weighted by Crippen LogP contribution is -2.16. The van der Waals surface area contributed by atoms with Gasteiger partial charge in [-0.1, -0.05) is 34.1 Å². The van der Waals surface area contributed by atoms with E-state index in [1.54, 1.807) is 40.8 Å². The van der Waals surface area contributed by atoms with Gasteiger partial charge in [0.1, 0.15) is 11.5 Å². The second-order valence-corrected chi connectivity index (χ2v) is 7.24. The highest BCUT2D eigenvalue weighted by Gasteiger charge is 2.15. The van der Waals surface area contributed by atoms with E-state index in [1.807, 2.05) is 24.3 Å². The van der Waals surface area contributed by atoms with Crippen molar-refractivity contribution in [3.05, 3.63) is 76.1 Å². The van der Waals surface area contributed by atoms with Gasteiger partial charge in [-0.3, -0.25) is 4.79 Å². The zero-order chi connectivity index (χ0) is 18.6. The van der Waals surface area contributed by atoms with E-state index in [4.69, 9.17) is 0 Å². The van der Waals surface area contributed by atoms with Crippen molar-refractivity contribution < 1.29 is 4.79 Å². The zero-order valence-electron chi connectivity index (χ0n) is 13.9. The maximum Gasteiger partial charge on any atom is 0.276 e.